The minimum Gasteiger partial charge on any atom is -0.487 e. The Morgan fingerprint density at radius 3 is 2.60 bits per heavy atom. The molecular formula is C30H21BrCl2FIN2O4S. The number of halogens is 5. The third-order valence-corrected chi connectivity index (χ3v) is 9.37. The lowest BCUT2D eigenvalue weighted by Crippen LogP contribution is -2.39. The van der Waals surface area contributed by atoms with Gasteiger partial charge in [-0.2, -0.15) is 0 Å². The van der Waals surface area contributed by atoms with Gasteiger partial charge in [-0.25, -0.2) is 14.2 Å². The number of carbonyl (C=O) groups is 1. The van der Waals surface area contributed by atoms with E-state index in [0.717, 1.165) is 13.6 Å². The summed E-state index contributed by atoms with van der Waals surface area (Å²) in [4.78, 5) is 32.0. The molecule has 42 heavy (non-hydrogen) atoms. The van der Waals surface area contributed by atoms with Crippen LogP contribution < -0.4 is 19.6 Å². The van der Waals surface area contributed by atoms with Gasteiger partial charge in [0.05, 0.1) is 42.1 Å². The minimum absolute atomic E-state index is 0.155. The fourth-order valence-electron chi connectivity index (χ4n) is 4.52. The molecule has 0 aliphatic carbocycles. The van der Waals surface area contributed by atoms with E-state index in [1.807, 2.05) is 18.2 Å². The topological polar surface area (TPSA) is 69.9 Å². The standard InChI is InChI=1S/C30H21BrCl2FIN2O4S/c1-3-40-29(39)25-15(2)36-30-37(26(25)17-5-7-20(34)8-6-17)28(38)24(42-30)12-18-11-19(31)13-23(35)27(18)41-14-16-4-9-21(32)22(33)10-16/h4-13,26H,3,14H2,1-2H3/b24-12-/t26-/m1/s1. The first-order valence-corrected chi connectivity index (χ1v) is 16.0. The van der Waals surface area contributed by atoms with Gasteiger partial charge in [-0.05, 0) is 90.0 Å². The van der Waals surface area contributed by atoms with E-state index in [4.69, 9.17) is 32.7 Å². The fourth-order valence-corrected chi connectivity index (χ4v) is 7.58. The van der Waals surface area contributed by atoms with Gasteiger partial charge >= 0.3 is 5.97 Å². The van der Waals surface area contributed by atoms with E-state index in [2.05, 4.69) is 43.5 Å². The Morgan fingerprint density at radius 2 is 1.90 bits per heavy atom. The van der Waals surface area contributed by atoms with Crippen molar-refractivity contribution < 1.29 is 18.7 Å². The number of hydrogen-bond acceptors (Lipinski definition) is 6. The van der Waals surface area contributed by atoms with Gasteiger partial charge in [-0.3, -0.25) is 9.36 Å². The highest BCUT2D eigenvalue weighted by Gasteiger charge is 2.33. The molecule has 0 amide bonds. The molecule has 0 fully saturated rings. The van der Waals surface area contributed by atoms with Crippen LogP contribution in [0.4, 0.5) is 4.39 Å². The summed E-state index contributed by atoms with van der Waals surface area (Å²) >= 11 is 19.1. The van der Waals surface area contributed by atoms with E-state index in [9.17, 15) is 14.0 Å². The number of thiazole rings is 1. The van der Waals surface area contributed by atoms with Crippen molar-refractivity contribution in [2.45, 2.75) is 26.5 Å². The van der Waals surface area contributed by atoms with E-state index in [1.54, 1.807) is 44.2 Å². The molecule has 0 radical (unpaired) electrons. The summed E-state index contributed by atoms with van der Waals surface area (Å²) in [5, 5.41) is 0.882. The highest BCUT2D eigenvalue weighted by atomic mass is 127. The predicted octanol–water partition coefficient (Wildman–Crippen LogP) is 7.19. The molecule has 0 unspecified atom stereocenters. The van der Waals surface area contributed by atoms with Crippen LogP contribution in [0.15, 0.2) is 80.1 Å². The maximum atomic E-state index is 14.0. The zero-order valence-electron chi connectivity index (χ0n) is 22.1. The summed E-state index contributed by atoms with van der Waals surface area (Å²) in [5.74, 6) is -0.432. The summed E-state index contributed by atoms with van der Waals surface area (Å²) in [6.45, 7) is 3.79. The predicted molar refractivity (Wildman–Crippen MR) is 174 cm³/mol. The van der Waals surface area contributed by atoms with Crippen LogP contribution >= 0.6 is 73.1 Å². The van der Waals surface area contributed by atoms with Crippen molar-refractivity contribution in [3.63, 3.8) is 0 Å². The minimum atomic E-state index is -0.837. The fraction of sp³-hybridized carbons (Fsp3) is 0.167. The monoisotopic (exact) mass is 800 g/mol. The molecule has 5 rings (SSSR count). The number of aromatic nitrogens is 1. The molecule has 0 N–H and O–H groups in total. The quantitative estimate of drug-likeness (QED) is 0.147. The van der Waals surface area contributed by atoms with E-state index < -0.39 is 17.8 Å². The second-order valence-electron chi connectivity index (χ2n) is 9.20. The first kappa shape index (κ1) is 30.9. The molecule has 0 saturated carbocycles. The van der Waals surface area contributed by atoms with Crippen molar-refractivity contribution in [3.05, 3.63) is 126 Å². The normalized spacial score (nSPS) is 14.9. The van der Waals surface area contributed by atoms with Crippen molar-refractivity contribution in [2.75, 3.05) is 6.61 Å². The largest absolute Gasteiger partial charge is 0.487 e. The van der Waals surface area contributed by atoms with Gasteiger partial charge < -0.3 is 9.47 Å². The summed E-state index contributed by atoms with van der Waals surface area (Å²) < 4.78 is 28.8. The molecule has 12 heteroatoms. The van der Waals surface area contributed by atoms with Crippen molar-refractivity contribution in [1.82, 2.24) is 4.57 Å². The molecule has 1 aliphatic rings. The van der Waals surface area contributed by atoms with Crippen LogP contribution in [0, 0.1) is 9.39 Å². The van der Waals surface area contributed by atoms with Gasteiger partial charge in [-0.1, -0.05) is 68.7 Å². The Bertz CT molecular complexity index is 1930. The molecule has 1 aromatic heterocycles. The Balaban J connectivity index is 1.63. The Labute approximate surface area is 276 Å². The molecule has 3 aromatic carbocycles. The first-order chi connectivity index (χ1) is 20.1. The number of hydrogen-bond donors (Lipinski definition) is 0. The highest BCUT2D eigenvalue weighted by molar-refractivity contribution is 14.1. The molecule has 6 nitrogen and oxygen atoms in total. The van der Waals surface area contributed by atoms with E-state index in [-0.39, 0.29) is 24.3 Å². The van der Waals surface area contributed by atoms with Crippen LogP contribution in [0.2, 0.25) is 10.0 Å². The maximum Gasteiger partial charge on any atom is 0.338 e. The average Bonchev–Trinajstić information content (AvgIpc) is 3.24. The lowest BCUT2D eigenvalue weighted by molar-refractivity contribution is -0.139. The Kier molecular flexibility index (Phi) is 9.58. The van der Waals surface area contributed by atoms with Gasteiger partial charge in [0.2, 0.25) is 0 Å². The smallest absolute Gasteiger partial charge is 0.338 e. The number of rotatable bonds is 7. The zero-order valence-corrected chi connectivity index (χ0v) is 28.2. The molecule has 0 bridgehead atoms. The summed E-state index contributed by atoms with van der Waals surface area (Å²) in [5.41, 5.74) is 2.36. The van der Waals surface area contributed by atoms with Crippen LogP contribution in [-0.2, 0) is 16.1 Å². The second-order valence-corrected chi connectivity index (χ2v) is 13.1. The van der Waals surface area contributed by atoms with Gasteiger partial charge in [0.1, 0.15) is 18.2 Å². The number of nitrogens with zero attached hydrogens (tertiary/aromatic N) is 2. The molecule has 1 atom stereocenters. The summed E-state index contributed by atoms with van der Waals surface area (Å²) in [7, 11) is 0. The van der Waals surface area contributed by atoms with Crippen LogP contribution in [0.3, 0.4) is 0 Å². The SMILES string of the molecule is CCOC(=O)C1=C(C)N=c2s/c(=C\c3cc(Br)cc(I)c3OCc3ccc(Cl)c(Cl)c3)c(=O)n2[C@@H]1c1ccc(F)cc1. The zero-order chi connectivity index (χ0) is 30.1. The van der Waals surface area contributed by atoms with Gasteiger partial charge in [0.15, 0.2) is 4.80 Å². The number of allylic oxidation sites excluding steroid dienone is 1. The molecule has 1 aliphatic heterocycles. The number of benzene rings is 3. The van der Waals surface area contributed by atoms with Crippen LogP contribution in [-0.4, -0.2) is 17.1 Å². The van der Waals surface area contributed by atoms with Crippen molar-refractivity contribution in [1.29, 1.82) is 0 Å². The van der Waals surface area contributed by atoms with Gasteiger partial charge in [0.25, 0.3) is 5.56 Å². The summed E-state index contributed by atoms with van der Waals surface area (Å²) in [6, 6.07) is 13.9. The average molecular weight is 802 g/mol. The van der Waals surface area contributed by atoms with Crippen LogP contribution in [0.5, 0.6) is 5.75 Å². The molecule has 0 saturated heterocycles. The molecule has 2 heterocycles. The molecular weight excluding hydrogens is 781 g/mol. The third kappa shape index (κ3) is 6.37. The number of esters is 1. The summed E-state index contributed by atoms with van der Waals surface area (Å²) in [6.07, 6.45) is 1.74. The second kappa shape index (κ2) is 13.0. The van der Waals surface area contributed by atoms with E-state index in [0.29, 0.717) is 42.0 Å². The van der Waals surface area contributed by atoms with Gasteiger partial charge in [0, 0.05) is 10.0 Å². The molecule has 4 aromatic rings. The lowest BCUT2D eigenvalue weighted by atomic mass is 9.96. The van der Waals surface area contributed by atoms with Gasteiger partial charge in [-0.15, -0.1) is 0 Å². The van der Waals surface area contributed by atoms with E-state index >= 15 is 0 Å². The third-order valence-electron chi connectivity index (χ3n) is 6.39. The van der Waals surface area contributed by atoms with Crippen molar-refractivity contribution in [2.24, 2.45) is 4.99 Å². The van der Waals surface area contributed by atoms with Crippen LogP contribution in [0.25, 0.3) is 6.08 Å². The van der Waals surface area contributed by atoms with Crippen molar-refractivity contribution in [3.8, 4) is 5.75 Å². The number of fused-ring (bicyclic) bond motifs is 1. The van der Waals surface area contributed by atoms with Crippen LogP contribution in [0.1, 0.15) is 36.6 Å². The number of carbonyl (C=O) groups excluding carboxylic acids is 1. The lowest BCUT2D eigenvalue weighted by Gasteiger charge is -2.24. The molecule has 0 spiro atoms. The maximum absolute atomic E-state index is 14.0. The highest BCUT2D eigenvalue weighted by Crippen LogP contribution is 2.33. The van der Waals surface area contributed by atoms with E-state index in [1.165, 1.54) is 28.0 Å². The Morgan fingerprint density at radius 1 is 1.17 bits per heavy atom. The van der Waals surface area contributed by atoms with Crippen molar-refractivity contribution >= 4 is 85.1 Å². The Hall–Kier alpha value is -2.51. The molecule has 216 valence electrons. The first-order valence-electron chi connectivity index (χ1n) is 12.6. The number of ether oxygens (including phenoxy) is 2.